The van der Waals surface area contributed by atoms with E-state index in [1.807, 2.05) is 6.92 Å². The molecule has 0 spiro atoms. The molecule has 2 rings (SSSR count). The van der Waals surface area contributed by atoms with Crippen LogP contribution in [-0.4, -0.2) is 32.3 Å². The molecule has 0 saturated carbocycles. The zero-order valence-electron chi connectivity index (χ0n) is 12.3. The Balaban J connectivity index is 2.31. The van der Waals surface area contributed by atoms with E-state index in [1.165, 1.54) is 0 Å². The Morgan fingerprint density at radius 2 is 2.17 bits per heavy atom. The van der Waals surface area contributed by atoms with Gasteiger partial charge in [-0.05, 0) is 19.4 Å². The predicted octanol–water partition coefficient (Wildman–Crippen LogP) is 3.41. The lowest BCUT2D eigenvalue weighted by molar-refractivity contribution is -0.137. The molecule has 0 saturated heterocycles. The van der Waals surface area contributed by atoms with Crippen molar-refractivity contribution >= 4 is 34.9 Å². The monoisotopic (exact) mass is 366 g/mol. The minimum Gasteiger partial charge on any atom is -0.355 e. The molecule has 10 heteroatoms. The fraction of sp³-hybridized carbons (Fsp3) is 0.462. The lowest BCUT2D eigenvalue weighted by atomic mass is 10.3. The maximum Gasteiger partial charge on any atom is 0.417 e. The first-order valence-corrected chi connectivity index (χ1v) is 8.05. The normalized spacial score (nSPS) is 13.3. The van der Waals surface area contributed by atoms with E-state index < -0.39 is 17.0 Å². The van der Waals surface area contributed by atoms with Crippen molar-refractivity contribution in [3.05, 3.63) is 22.8 Å². The number of carbonyl (C=O) groups is 1. The molecule has 1 N–H and O–H groups in total. The van der Waals surface area contributed by atoms with Crippen molar-refractivity contribution in [1.29, 1.82) is 0 Å². The van der Waals surface area contributed by atoms with Crippen LogP contribution in [-0.2, 0) is 11.0 Å². The highest BCUT2D eigenvalue weighted by molar-refractivity contribution is 8.00. The summed E-state index contributed by atoms with van der Waals surface area (Å²) in [6, 6.07) is 0.803. The van der Waals surface area contributed by atoms with Crippen molar-refractivity contribution in [2.24, 2.45) is 0 Å². The summed E-state index contributed by atoms with van der Waals surface area (Å²) in [6.45, 7) is 4.10. The summed E-state index contributed by atoms with van der Waals surface area (Å²) in [5, 5.41) is 9.82. The number of fused-ring (bicyclic) bond motifs is 1. The zero-order chi connectivity index (χ0) is 17.2. The van der Waals surface area contributed by atoms with Crippen molar-refractivity contribution in [2.75, 3.05) is 6.54 Å². The number of amides is 1. The Morgan fingerprint density at radius 1 is 1.48 bits per heavy atom. The lowest BCUT2D eigenvalue weighted by Crippen LogP contribution is -2.31. The van der Waals surface area contributed by atoms with Crippen LogP contribution >= 0.6 is 23.4 Å². The van der Waals surface area contributed by atoms with Gasteiger partial charge in [0.1, 0.15) is 0 Å². The van der Waals surface area contributed by atoms with Crippen LogP contribution in [0.25, 0.3) is 5.65 Å². The number of nitrogens with one attached hydrogen (secondary N) is 1. The van der Waals surface area contributed by atoms with Crippen LogP contribution in [0.2, 0.25) is 5.02 Å². The third-order valence-corrected chi connectivity index (χ3v) is 4.29. The Hall–Kier alpha value is -1.48. The molecule has 0 aliphatic rings. The second kappa shape index (κ2) is 6.96. The molecule has 0 radical (unpaired) electrons. The maximum atomic E-state index is 12.9. The van der Waals surface area contributed by atoms with E-state index >= 15 is 0 Å². The Bertz CT molecular complexity index is 719. The van der Waals surface area contributed by atoms with Crippen molar-refractivity contribution in [3.63, 3.8) is 0 Å². The van der Waals surface area contributed by atoms with Crippen molar-refractivity contribution in [2.45, 2.75) is 36.9 Å². The predicted molar refractivity (Wildman–Crippen MR) is 81.6 cm³/mol. The van der Waals surface area contributed by atoms with Gasteiger partial charge >= 0.3 is 6.18 Å². The highest BCUT2D eigenvalue weighted by Crippen LogP contribution is 2.33. The summed E-state index contributed by atoms with van der Waals surface area (Å²) in [5.74, 6) is -0.216. The molecule has 0 bridgehead atoms. The van der Waals surface area contributed by atoms with E-state index in [2.05, 4.69) is 15.5 Å². The van der Waals surface area contributed by atoms with Crippen LogP contribution in [0.15, 0.2) is 17.4 Å². The number of pyridine rings is 1. The van der Waals surface area contributed by atoms with Gasteiger partial charge in [0.25, 0.3) is 0 Å². The number of hydrogen-bond donors (Lipinski definition) is 1. The second-order valence-electron chi connectivity index (χ2n) is 4.80. The minimum absolute atomic E-state index is 0.114. The lowest BCUT2D eigenvalue weighted by Gasteiger charge is -2.11. The van der Waals surface area contributed by atoms with Crippen molar-refractivity contribution in [1.82, 2.24) is 19.9 Å². The van der Waals surface area contributed by atoms with E-state index in [4.69, 9.17) is 11.6 Å². The zero-order valence-corrected chi connectivity index (χ0v) is 13.9. The summed E-state index contributed by atoms with van der Waals surface area (Å²) in [7, 11) is 0. The molecule has 2 aromatic rings. The third-order valence-electron chi connectivity index (χ3n) is 2.96. The van der Waals surface area contributed by atoms with Gasteiger partial charge < -0.3 is 5.32 Å². The summed E-state index contributed by atoms with van der Waals surface area (Å²) in [4.78, 5) is 11.9. The van der Waals surface area contributed by atoms with Gasteiger partial charge in [-0.15, -0.1) is 10.2 Å². The highest BCUT2D eigenvalue weighted by Gasteiger charge is 2.32. The molecule has 0 aliphatic carbocycles. The molecular formula is C13H14ClF3N4OS. The molecule has 2 aromatic heterocycles. The number of halogens is 4. The second-order valence-corrected chi connectivity index (χ2v) is 6.52. The molecular weight excluding hydrogens is 353 g/mol. The smallest absolute Gasteiger partial charge is 0.355 e. The first-order valence-electron chi connectivity index (χ1n) is 6.80. The molecule has 126 valence electrons. The van der Waals surface area contributed by atoms with Gasteiger partial charge in [0.05, 0.1) is 15.8 Å². The molecule has 0 fully saturated rings. The molecule has 5 nitrogen and oxygen atoms in total. The number of nitrogens with zero attached hydrogens (tertiary/aromatic N) is 3. The maximum absolute atomic E-state index is 12.9. The number of aromatic nitrogens is 3. The Kier molecular flexibility index (Phi) is 5.41. The highest BCUT2D eigenvalue weighted by atomic mass is 35.5. The average molecular weight is 367 g/mol. The molecule has 0 aliphatic heterocycles. The van der Waals surface area contributed by atoms with Gasteiger partial charge in [-0.1, -0.05) is 30.3 Å². The fourth-order valence-electron chi connectivity index (χ4n) is 1.77. The molecule has 1 unspecified atom stereocenters. The van der Waals surface area contributed by atoms with Crippen LogP contribution in [0.4, 0.5) is 13.2 Å². The average Bonchev–Trinajstić information content (AvgIpc) is 2.87. The topological polar surface area (TPSA) is 59.3 Å². The van der Waals surface area contributed by atoms with Gasteiger partial charge in [0, 0.05) is 12.7 Å². The summed E-state index contributed by atoms with van der Waals surface area (Å²) < 4.78 is 39.8. The van der Waals surface area contributed by atoms with E-state index in [-0.39, 0.29) is 21.7 Å². The van der Waals surface area contributed by atoms with Crippen LogP contribution in [0, 0.1) is 0 Å². The van der Waals surface area contributed by atoms with Crippen LogP contribution in [0.1, 0.15) is 25.8 Å². The number of thioether (sulfide) groups is 1. The van der Waals surface area contributed by atoms with E-state index in [0.717, 1.165) is 34.8 Å². The largest absolute Gasteiger partial charge is 0.417 e. The van der Waals surface area contributed by atoms with Crippen LogP contribution in [0.3, 0.4) is 0 Å². The molecule has 1 amide bonds. The number of hydrogen-bond acceptors (Lipinski definition) is 4. The van der Waals surface area contributed by atoms with Gasteiger partial charge in [-0.3, -0.25) is 9.20 Å². The first kappa shape index (κ1) is 17.9. The molecule has 1 atom stereocenters. The Morgan fingerprint density at radius 3 is 2.78 bits per heavy atom. The number of carbonyl (C=O) groups excluding carboxylic acids is 1. The molecule has 23 heavy (non-hydrogen) atoms. The third kappa shape index (κ3) is 4.08. The summed E-state index contributed by atoms with van der Waals surface area (Å²) in [6.07, 6.45) is -2.87. The number of alkyl halides is 3. The van der Waals surface area contributed by atoms with Crippen molar-refractivity contribution in [3.8, 4) is 0 Å². The van der Waals surface area contributed by atoms with Gasteiger partial charge in [0.15, 0.2) is 10.8 Å². The van der Waals surface area contributed by atoms with Gasteiger partial charge in [-0.25, -0.2) is 0 Å². The summed E-state index contributed by atoms with van der Waals surface area (Å²) >= 11 is 6.85. The van der Waals surface area contributed by atoms with Crippen molar-refractivity contribution < 1.29 is 18.0 Å². The van der Waals surface area contributed by atoms with E-state index in [0.29, 0.717) is 6.54 Å². The van der Waals surface area contributed by atoms with Crippen LogP contribution in [0.5, 0.6) is 0 Å². The standard InChI is InChI=1S/C13H14ClF3N4OS/c1-3-4-18-11(22)7(2)23-12-20-19-10-9(14)5-8(6-21(10)12)13(15,16)17/h5-7H,3-4H2,1-2H3,(H,18,22). The number of rotatable bonds is 5. The van der Waals surface area contributed by atoms with E-state index in [1.54, 1.807) is 6.92 Å². The van der Waals surface area contributed by atoms with Crippen LogP contribution < -0.4 is 5.32 Å². The minimum atomic E-state index is -4.53. The Labute approximate surface area is 139 Å². The SMILES string of the molecule is CCCNC(=O)C(C)Sc1nnc2c(Cl)cc(C(F)(F)F)cn12. The van der Waals surface area contributed by atoms with Gasteiger partial charge in [-0.2, -0.15) is 13.2 Å². The molecule has 2 heterocycles. The summed E-state index contributed by atoms with van der Waals surface area (Å²) in [5.41, 5.74) is -0.789. The fourth-order valence-corrected chi connectivity index (χ4v) is 2.87. The first-order chi connectivity index (χ1) is 10.7. The molecule has 0 aromatic carbocycles. The quantitative estimate of drug-likeness (QED) is 0.824. The van der Waals surface area contributed by atoms with Gasteiger partial charge in [0.2, 0.25) is 5.91 Å². The van der Waals surface area contributed by atoms with E-state index in [9.17, 15) is 18.0 Å².